The van der Waals surface area contributed by atoms with Gasteiger partial charge in [-0.3, -0.25) is 4.79 Å². The number of carboxylic acid groups (broad SMARTS) is 1. The monoisotopic (exact) mass is 208 g/mol. The third-order valence-electron chi connectivity index (χ3n) is 2.63. The van der Waals surface area contributed by atoms with E-state index in [1.54, 1.807) is 0 Å². The average Bonchev–Trinajstić information content (AvgIpc) is 2.67. The van der Waals surface area contributed by atoms with Crippen molar-refractivity contribution in [2.24, 2.45) is 0 Å². The van der Waals surface area contributed by atoms with Crippen LogP contribution in [0.25, 0.3) is 0 Å². The lowest BCUT2D eigenvalue weighted by Gasteiger charge is -2.16. The first-order valence-electron chi connectivity index (χ1n) is 4.83. The van der Waals surface area contributed by atoms with Gasteiger partial charge in [0.1, 0.15) is 0 Å². The molecule has 2 rings (SSSR count). The van der Waals surface area contributed by atoms with Crippen molar-refractivity contribution in [3.63, 3.8) is 0 Å². The van der Waals surface area contributed by atoms with Gasteiger partial charge in [-0.25, -0.2) is 0 Å². The predicted molar refractivity (Wildman–Crippen MR) is 58.5 cm³/mol. The lowest BCUT2D eigenvalue weighted by Crippen LogP contribution is -2.19. The van der Waals surface area contributed by atoms with E-state index in [2.05, 4.69) is 12.1 Å². The summed E-state index contributed by atoms with van der Waals surface area (Å²) in [5.41, 5.74) is -0.104. The summed E-state index contributed by atoms with van der Waals surface area (Å²) in [4.78, 5) is 11.0. The van der Waals surface area contributed by atoms with Gasteiger partial charge >= 0.3 is 5.97 Å². The minimum absolute atomic E-state index is 0.104. The first kappa shape index (κ1) is 9.67. The maximum absolute atomic E-state index is 11.0. The molecule has 0 saturated carbocycles. The molecule has 0 spiro atoms. The zero-order valence-corrected chi connectivity index (χ0v) is 8.78. The Bertz CT molecular complexity index is 323. The van der Waals surface area contributed by atoms with Crippen LogP contribution in [0.1, 0.15) is 12.8 Å². The molecule has 1 aromatic carbocycles. The average molecular weight is 208 g/mol. The summed E-state index contributed by atoms with van der Waals surface area (Å²) in [7, 11) is -0.443. The number of hydrogen-bond donors (Lipinski definition) is 1. The van der Waals surface area contributed by atoms with Crippen molar-refractivity contribution in [3.05, 3.63) is 30.3 Å². The summed E-state index contributed by atoms with van der Waals surface area (Å²) in [5.74, 6) is -0.613. The molecular formula is C11H13O2P. The van der Waals surface area contributed by atoms with Gasteiger partial charge in [0, 0.05) is 0 Å². The highest BCUT2D eigenvalue weighted by Crippen LogP contribution is 2.48. The van der Waals surface area contributed by atoms with Crippen LogP contribution in [0.15, 0.2) is 30.3 Å². The zero-order chi connectivity index (χ0) is 9.97. The molecule has 0 bridgehead atoms. The summed E-state index contributed by atoms with van der Waals surface area (Å²) >= 11 is 0. The molecule has 1 aliphatic heterocycles. The molecule has 14 heavy (non-hydrogen) atoms. The number of carboxylic acids is 1. The molecule has 1 aliphatic rings. The number of hydrogen-bond acceptors (Lipinski definition) is 1. The molecule has 1 aromatic rings. The minimum Gasteiger partial charge on any atom is -0.481 e. The van der Waals surface area contributed by atoms with E-state index in [9.17, 15) is 4.79 Å². The van der Waals surface area contributed by atoms with Crippen molar-refractivity contribution in [2.75, 3.05) is 6.16 Å². The van der Waals surface area contributed by atoms with E-state index in [-0.39, 0.29) is 5.66 Å². The Morgan fingerprint density at radius 3 is 2.71 bits per heavy atom. The fourth-order valence-corrected chi connectivity index (χ4v) is 4.72. The molecule has 0 aromatic heterocycles. The van der Waals surface area contributed by atoms with Crippen molar-refractivity contribution < 1.29 is 9.90 Å². The highest BCUT2D eigenvalue weighted by Gasteiger charge is 2.33. The summed E-state index contributed by atoms with van der Waals surface area (Å²) in [6.45, 7) is 0. The molecule has 3 heteroatoms. The highest BCUT2D eigenvalue weighted by molar-refractivity contribution is 7.67. The standard InChI is InChI=1S/C11H13O2P/c12-11(13)10-7-4-8-14(10)9-5-2-1-3-6-9/h1-3,5-6,10H,4,7-8H2,(H,12,13)/t10-,14-/m0/s1. The number of aliphatic carboxylic acids is 1. The summed E-state index contributed by atoms with van der Waals surface area (Å²) in [6, 6.07) is 10.1. The summed E-state index contributed by atoms with van der Waals surface area (Å²) < 4.78 is 0. The molecule has 74 valence electrons. The van der Waals surface area contributed by atoms with Crippen molar-refractivity contribution in [1.82, 2.24) is 0 Å². The largest absolute Gasteiger partial charge is 0.481 e. The predicted octanol–water partition coefficient (Wildman–Crippen LogP) is 2.04. The number of benzene rings is 1. The van der Waals surface area contributed by atoms with Crippen LogP contribution in [-0.2, 0) is 4.79 Å². The van der Waals surface area contributed by atoms with Gasteiger partial charge in [0.15, 0.2) is 0 Å². The van der Waals surface area contributed by atoms with Crippen LogP contribution in [-0.4, -0.2) is 22.9 Å². The second-order valence-corrected chi connectivity index (χ2v) is 6.05. The quantitative estimate of drug-likeness (QED) is 0.755. The molecule has 0 unspecified atom stereocenters. The molecule has 1 N–H and O–H groups in total. The van der Waals surface area contributed by atoms with Gasteiger partial charge in [0.2, 0.25) is 0 Å². The van der Waals surface area contributed by atoms with E-state index in [0.29, 0.717) is 0 Å². The van der Waals surface area contributed by atoms with E-state index in [1.165, 1.54) is 5.30 Å². The van der Waals surface area contributed by atoms with Crippen LogP contribution in [0.4, 0.5) is 0 Å². The Balaban J connectivity index is 2.22. The molecule has 0 aliphatic carbocycles. The van der Waals surface area contributed by atoms with Gasteiger partial charge in [-0.15, -0.1) is 0 Å². The Labute approximate surface area is 84.7 Å². The van der Waals surface area contributed by atoms with Crippen molar-refractivity contribution in [2.45, 2.75) is 18.5 Å². The van der Waals surface area contributed by atoms with E-state index in [1.807, 2.05) is 18.2 Å². The van der Waals surface area contributed by atoms with Gasteiger partial charge in [-0.2, -0.15) is 0 Å². The van der Waals surface area contributed by atoms with Crippen LogP contribution >= 0.6 is 7.92 Å². The Kier molecular flexibility index (Phi) is 2.83. The molecule has 1 saturated heterocycles. The Morgan fingerprint density at radius 2 is 2.07 bits per heavy atom. The SMILES string of the molecule is O=C(O)[C@@H]1CCC[P@@]1c1ccccc1. The van der Waals surface area contributed by atoms with Crippen LogP contribution in [0.5, 0.6) is 0 Å². The first-order chi connectivity index (χ1) is 6.79. The molecular weight excluding hydrogens is 195 g/mol. The van der Waals surface area contributed by atoms with Crippen molar-refractivity contribution in [3.8, 4) is 0 Å². The summed E-state index contributed by atoms with van der Waals surface area (Å²) in [5, 5.41) is 10.3. The normalized spacial score (nSPS) is 26.3. The topological polar surface area (TPSA) is 37.3 Å². The second kappa shape index (κ2) is 4.10. The summed E-state index contributed by atoms with van der Waals surface area (Å²) in [6.07, 6.45) is 3.00. The van der Waals surface area contributed by atoms with E-state index < -0.39 is 13.9 Å². The van der Waals surface area contributed by atoms with Crippen LogP contribution in [0, 0.1) is 0 Å². The number of carbonyl (C=O) groups is 1. The zero-order valence-electron chi connectivity index (χ0n) is 7.89. The minimum atomic E-state index is -0.613. The van der Waals surface area contributed by atoms with Gasteiger partial charge in [0.25, 0.3) is 0 Å². The first-order valence-corrected chi connectivity index (χ1v) is 6.43. The Hall–Kier alpha value is -0.880. The lowest BCUT2D eigenvalue weighted by molar-refractivity contribution is -0.136. The molecule has 0 amide bonds. The van der Waals surface area contributed by atoms with Crippen LogP contribution in [0.3, 0.4) is 0 Å². The molecule has 2 atom stereocenters. The lowest BCUT2D eigenvalue weighted by atomic mass is 10.3. The van der Waals surface area contributed by atoms with Crippen LogP contribution < -0.4 is 5.30 Å². The van der Waals surface area contributed by atoms with Crippen molar-refractivity contribution in [1.29, 1.82) is 0 Å². The maximum Gasteiger partial charge on any atom is 0.311 e. The third-order valence-corrected chi connectivity index (χ3v) is 5.62. The van der Waals surface area contributed by atoms with Gasteiger partial charge in [-0.05, 0) is 24.3 Å². The maximum atomic E-state index is 11.0. The highest BCUT2D eigenvalue weighted by atomic mass is 31.1. The van der Waals surface area contributed by atoms with Crippen LogP contribution in [0.2, 0.25) is 0 Å². The number of rotatable bonds is 2. The van der Waals surface area contributed by atoms with E-state index in [0.717, 1.165) is 19.0 Å². The molecule has 1 fully saturated rings. The fraction of sp³-hybridized carbons (Fsp3) is 0.364. The molecule has 0 radical (unpaired) electrons. The third kappa shape index (κ3) is 1.80. The molecule has 2 nitrogen and oxygen atoms in total. The smallest absolute Gasteiger partial charge is 0.311 e. The van der Waals surface area contributed by atoms with Gasteiger partial charge in [-0.1, -0.05) is 38.3 Å². The van der Waals surface area contributed by atoms with E-state index in [4.69, 9.17) is 5.11 Å². The van der Waals surface area contributed by atoms with Crippen molar-refractivity contribution >= 4 is 19.2 Å². The Morgan fingerprint density at radius 1 is 1.36 bits per heavy atom. The van der Waals surface area contributed by atoms with Gasteiger partial charge in [0.05, 0.1) is 5.66 Å². The second-order valence-electron chi connectivity index (χ2n) is 3.53. The molecule has 1 heterocycles. The fourth-order valence-electron chi connectivity index (χ4n) is 1.95. The van der Waals surface area contributed by atoms with E-state index >= 15 is 0 Å². The van der Waals surface area contributed by atoms with Gasteiger partial charge < -0.3 is 5.11 Å².